The molecule has 0 saturated carbocycles. The SMILES string of the molecule is CNC(=O)[C@@H]1C[C@@H](NCc2cccc(O)c2)CN1Cc1ccc2ccccc2c1. The lowest BCUT2D eigenvalue weighted by atomic mass is 10.1. The zero-order valence-electron chi connectivity index (χ0n) is 16.6. The second-order valence-corrected chi connectivity index (χ2v) is 7.72. The van der Waals surface area contributed by atoms with E-state index in [4.69, 9.17) is 0 Å². The predicted octanol–water partition coefficient (Wildman–Crippen LogP) is 3.02. The van der Waals surface area contributed by atoms with E-state index in [1.54, 1.807) is 19.2 Å². The van der Waals surface area contributed by atoms with Gasteiger partial charge < -0.3 is 15.7 Å². The summed E-state index contributed by atoms with van der Waals surface area (Å²) in [5.41, 5.74) is 2.25. The highest BCUT2D eigenvalue weighted by Gasteiger charge is 2.36. The molecule has 3 aromatic rings. The van der Waals surface area contributed by atoms with Crippen LogP contribution in [0.2, 0.25) is 0 Å². The van der Waals surface area contributed by atoms with Gasteiger partial charge in [-0.15, -0.1) is 0 Å². The fourth-order valence-corrected chi connectivity index (χ4v) is 4.17. The summed E-state index contributed by atoms with van der Waals surface area (Å²) in [5, 5.41) is 18.5. The first-order valence-electron chi connectivity index (χ1n) is 10.1. The normalized spacial score (nSPS) is 19.5. The number of amides is 1. The quantitative estimate of drug-likeness (QED) is 0.606. The van der Waals surface area contributed by atoms with E-state index in [-0.39, 0.29) is 23.7 Å². The van der Waals surface area contributed by atoms with E-state index in [1.807, 2.05) is 18.2 Å². The maximum atomic E-state index is 12.5. The average Bonchev–Trinajstić information content (AvgIpc) is 3.14. The zero-order chi connectivity index (χ0) is 20.2. The van der Waals surface area contributed by atoms with Gasteiger partial charge in [0.15, 0.2) is 0 Å². The summed E-state index contributed by atoms with van der Waals surface area (Å²) < 4.78 is 0. The minimum absolute atomic E-state index is 0.0624. The summed E-state index contributed by atoms with van der Waals surface area (Å²) in [6.45, 7) is 2.22. The summed E-state index contributed by atoms with van der Waals surface area (Å²) in [5.74, 6) is 0.337. The van der Waals surface area contributed by atoms with Gasteiger partial charge in [0.2, 0.25) is 5.91 Å². The van der Waals surface area contributed by atoms with E-state index in [0.29, 0.717) is 6.54 Å². The van der Waals surface area contributed by atoms with Gasteiger partial charge in [-0.3, -0.25) is 9.69 Å². The summed E-state index contributed by atoms with van der Waals surface area (Å²) in [6.07, 6.45) is 0.770. The molecule has 0 unspecified atom stereocenters. The van der Waals surface area contributed by atoms with Gasteiger partial charge in [-0.2, -0.15) is 0 Å². The second kappa shape index (κ2) is 8.64. The number of hydrogen-bond donors (Lipinski definition) is 3. The topological polar surface area (TPSA) is 64.6 Å². The van der Waals surface area contributed by atoms with Gasteiger partial charge in [-0.1, -0.05) is 48.5 Å². The number of fused-ring (bicyclic) bond motifs is 1. The monoisotopic (exact) mass is 389 g/mol. The Morgan fingerprint density at radius 2 is 1.86 bits per heavy atom. The number of aromatic hydroxyl groups is 1. The summed E-state index contributed by atoms with van der Waals surface area (Å²) in [4.78, 5) is 14.7. The van der Waals surface area contributed by atoms with Gasteiger partial charge in [0, 0.05) is 32.7 Å². The third-order valence-corrected chi connectivity index (χ3v) is 5.66. The number of nitrogens with one attached hydrogen (secondary N) is 2. The van der Waals surface area contributed by atoms with Gasteiger partial charge in [0.05, 0.1) is 6.04 Å². The van der Waals surface area contributed by atoms with Crippen LogP contribution in [0.5, 0.6) is 5.75 Å². The maximum absolute atomic E-state index is 12.5. The van der Waals surface area contributed by atoms with Crippen molar-refractivity contribution < 1.29 is 9.90 Å². The molecule has 4 rings (SSSR count). The first-order valence-corrected chi connectivity index (χ1v) is 10.1. The number of phenols is 1. The van der Waals surface area contributed by atoms with Gasteiger partial charge in [-0.05, 0) is 46.5 Å². The number of benzene rings is 3. The Bertz CT molecular complexity index is 1000. The van der Waals surface area contributed by atoms with Crippen molar-refractivity contribution in [1.82, 2.24) is 15.5 Å². The van der Waals surface area contributed by atoms with Crippen LogP contribution >= 0.6 is 0 Å². The Balaban J connectivity index is 1.45. The summed E-state index contributed by atoms with van der Waals surface area (Å²) >= 11 is 0. The number of hydrogen-bond acceptors (Lipinski definition) is 4. The molecule has 5 heteroatoms. The van der Waals surface area contributed by atoms with Crippen molar-refractivity contribution in [3.63, 3.8) is 0 Å². The Morgan fingerprint density at radius 3 is 2.66 bits per heavy atom. The summed E-state index contributed by atoms with van der Waals surface area (Å²) in [6, 6.07) is 22.2. The third kappa shape index (κ3) is 4.58. The zero-order valence-corrected chi connectivity index (χ0v) is 16.6. The van der Waals surface area contributed by atoms with Crippen LogP contribution in [0.3, 0.4) is 0 Å². The molecule has 1 heterocycles. The average molecular weight is 389 g/mol. The Hall–Kier alpha value is -2.89. The van der Waals surface area contributed by atoms with Crippen molar-refractivity contribution in [3.8, 4) is 5.75 Å². The first kappa shape index (κ1) is 19.4. The molecule has 2 atom stereocenters. The second-order valence-electron chi connectivity index (χ2n) is 7.72. The molecule has 0 radical (unpaired) electrons. The van der Waals surface area contributed by atoms with E-state index < -0.39 is 0 Å². The molecule has 150 valence electrons. The number of carbonyl (C=O) groups is 1. The van der Waals surface area contributed by atoms with E-state index in [9.17, 15) is 9.90 Å². The molecule has 1 fully saturated rings. The van der Waals surface area contributed by atoms with Crippen molar-refractivity contribution in [2.45, 2.75) is 31.6 Å². The number of carbonyl (C=O) groups excluding carboxylic acids is 1. The fraction of sp³-hybridized carbons (Fsp3) is 0.292. The lowest BCUT2D eigenvalue weighted by Crippen LogP contribution is -2.41. The van der Waals surface area contributed by atoms with Crippen LogP contribution in [0.15, 0.2) is 66.7 Å². The molecule has 0 aromatic heterocycles. The van der Waals surface area contributed by atoms with Gasteiger partial charge in [0.25, 0.3) is 0 Å². The van der Waals surface area contributed by atoms with Crippen molar-refractivity contribution in [3.05, 3.63) is 77.9 Å². The molecule has 3 N–H and O–H groups in total. The van der Waals surface area contributed by atoms with Gasteiger partial charge >= 0.3 is 0 Å². The molecule has 0 bridgehead atoms. The Kier molecular flexibility index (Phi) is 5.79. The maximum Gasteiger partial charge on any atom is 0.237 e. The molecule has 1 saturated heterocycles. The number of rotatable bonds is 6. The van der Waals surface area contributed by atoms with Crippen molar-refractivity contribution in [1.29, 1.82) is 0 Å². The number of phenolic OH excluding ortho intramolecular Hbond substituents is 1. The minimum Gasteiger partial charge on any atom is -0.508 e. The van der Waals surface area contributed by atoms with E-state index in [1.165, 1.54) is 16.3 Å². The molecule has 29 heavy (non-hydrogen) atoms. The van der Waals surface area contributed by atoms with Crippen LogP contribution < -0.4 is 10.6 Å². The van der Waals surface area contributed by atoms with Gasteiger partial charge in [-0.25, -0.2) is 0 Å². The van der Waals surface area contributed by atoms with Crippen molar-refractivity contribution in [2.75, 3.05) is 13.6 Å². The largest absolute Gasteiger partial charge is 0.508 e. The molecule has 1 aliphatic heterocycles. The number of likely N-dealkylation sites (N-methyl/N-ethyl adjacent to an activating group) is 1. The fourth-order valence-electron chi connectivity index (χ4n) is 4.17. The van der Waals surface area contributed by atoms with E-state index in [0.717, 1.165) is 25.1 Å². The van der Waals surface area contributed by atoms with Crippen LogP contribution in [-0.2, 0) is 17.9 Å². The lowest BCUT2D eigenvalue weighted by molar-refractivity contribution is -0.125. The van der Waals surface area contributed by atoms with Crippen LogP contribution in [0.25, 0.3) is 10.8 Å². The molecule has 1 amide bonds. The third-order valence-electron chi connectivity index (χ3n) is 5.66. The smallest absolute Gasteiger partial charge is 0.237 e. The van der Waals surface area contributed by atoms with Crippen molar-refractivity contribution in [2.24, 2.45) is 0 Å². The van der Waals surface area contributed by atoms with Crippen LogP contribution in [0.4, 0.5) is 0 Å². The minimum atomic E-state index is -0.145. The number of likely N-dealkylation sites (tertiary alicyclic amines) is 1. The van der Waals surface area contributed by atoms with Crippen LogP contribution in [-0.4, -0.2) is 41.6 Å². The first-order chi connectivity index (χ1) is 14.1. The molecule has 3 aromatic carbocycles. The summed E-state index contributed by atoms with van der Waals surface area (Å²) in [7, 11) is 1.70. The molecule has 0 spiro atoms. The van der Waals surface area contributed by atoms with Crippen LogP contribution in [0.1, 0.15) is 17.5 Å². The predicted molar refractivity (Wildman–Crippen MR) is 116 cm³/mol. The highest BCUT2D eigenvalue weighted by atomic mass is 16.3. The van der Waals surface area contributed by atoms with Crippen molar-refractivity contribution >= 4 is 16.7 Å². The molecule has 1 aliphatic rings. The lowest BCUT2D eigenvalue weighted by Gasteiger charge is -2.23. The Morgan fingerprint density at radius 1 is 1.03 bits per heavy atom. The number of nitrogens with zero attached hydrogens (tertiary/aromatic N) is 1. The van der Waals surface area contributed by atoms with E-state index >= 15 is 0 Å². The van der Waals surface area contributed by atoms with Gasteiger partial charge in [0.1, 0.15) is 5.75 Å². The Labute approximate surface area is 171 Å². The molecule has 5 nitrogen and oxygen atoms in total. The highest BCUT2D eigenvalue weighted by molar-refractivity contribution is 5.83. The van der Waals surface area contributed by atoms with E-state index in [2.05, 4.69) is 51.9 Å². The van der Waals surface area contributed by atoms with Crippen LogP contribution in [0, 0.1) is 0 Å². The molecular formula is C24H27N3O2. The highest BCUT2D eigenvalue weighted by Crippen LogP contribution is 2.23. The molecule has 0 aliphatic carbocycles. The molecular weight excluding hydrogens is 362 g/mol. The standard InChI is InChI=1S/C24H27N3O2/c1-25-24(29)23-13-21(26-14-17-5-4-8-22(28)12-17)16-27(23)15-18-9-10-19-6-2-3-7-20(19)11-18/h2-12,21,23,26,28H,13-16H2,1H3,(H,25,29)/t21-,23+/m1/s1.